The zero-order valence-electron chi connectivity index (χ0n) is 9.53. The smallest absolute Gasteiger partial charge is 0.222 e. The lowest BCUT2D eigenvalue weighted by molar-refractivity contribution is 0.314. The van der Waals surface area contributed by atoms with Crippen molar-refractivity contribution < 1.29 is 4.39 Å². The molecule has 0 radical (unpaired) electrons. The topological polar surface area (TPSA) is 67.1 Å². The highest BCUT2D eigenvalue weighted by Crippen LogP contribution is 2.11. The maximum atomic E-state index is 13.3. The van der Waals surface area contributed by atoms with Gasteiger partial charge in [0.25, 0.3) is 0 Å². The second kappa shape index (κ2) is 6.02. The molecule has 0 unspecified atom stereocenters. The number of anilines is 2. The Morgan fingerprint density at radius 3 is 3.00 bits per heavy atom. The molecule has 1 aromatic heterocycles. The summed E-state index contributed by atoms with van der Waals surface area (Å²) < 4.78 is 13.3. The standard InChI is InChI=1S/C10H16FN5S/c11-8-7-14-10(12)15-9(8)13-1-2-16-3-5-17-6-4-16/h7H,1-6H2,(H3,12,13,14,15). The normalized spacial score (nSPS) is 17.0. The van der Waals surface area contributed by atoms with E-state index in [1.807, 2.05) is 11.8 Å². The summed E-state index contributed by atoms with van der Waals surface area (Å²) in [6.45, 7) is 3.75. The van der Waals surface area contributed by atoms with E-state index in [2.05, 4.69) is 20.2 Å². The van der Waals surface area contributed by atoms with E-state index in [4.69, 9.17) is 5.73 Å². The summed E-state index contributed by atoms with van der Waals surface area (Å²) in [6, 6.07) is 0. The van der Waals surface area contributed by atoms with E-state index in [1.54, 1.807) is 0 Å². The number of halogens is 1. The van der Waals surface area contributed by atoms with E-state index in [0.29, 0.717) is 6.54 Å². The fourth-order valence-corrected chi connectivity index (χ4v) is 2.64. The van der Waals surface area contributed by atoms with Crippen LogP contribution < -0.4 is 11.1 Å². The molecule has 3 N–H and O–H groups in total. The van der Waals surface area contributed by atoms with Crippen LogP contribution in [-0.2, 0) is 0 Å². The van der Waals surface area contributed by atoms with Crippen molar-refractivity contribution in [3.05, 3.63) is 12.0 Å². The Balaban J connectivity index is 1.79. The predicted octanol–water partition coefficient (Wildman–Crippen LogP) is 0.659. The average Bonchev–Trinajstić information content (AvgIpc) is 2.35. The average molecular weight is 257 g/mol. The first-order chi connectivity index (χ1) is 8.25. The highest BCUT2D eigenvalue weighted by molar-refractivity contribution is 7.99. The van der Waals surface area contributed by atoms with Crippen LogP contribution in [0.25, 0.3) is 0 Å². The Morgan fingerprint density at radius 2 is 2.24 bits per heavy atom. The number of nitrogens with zero attached hydrogens (tertiary/aromatic N) is 3. The Labute approximate surface area is 104 Å². The van der Waals surface area contributed by atoms with Gasteiger partial charge in [-0.3, -0.25) is 4.90 Å². The maximum absolute atomic E-state index is 13.3. The first-order valence-electron chi connectivity index (χ1n) is 5.57. The number of nitrogens with one attached hydrogen (secondary N) is 1. The number of hydrogen-bond donors (Lipinski definition) is 2. The van der Waals surface area contributed by atoms with E-state index in [-0.39, 0.29) is 11.8 Å². The molecule has 0 aliphatic carbocycles. The third kappa shape index (κ3) is 3.71. The predicted molar refractivity (Wildman–Crippen MR) is 68.7 cm³/mol. The number of nitrogen functional groups attached to an aromatic ring is 1. The first kappa shape index (κ1) is 12.4. The van der Waals surface area contributed by atoms with Gasteiger partial charge in [-0.2, -0.15) is 16.7 Å². The van der Waals surface area contributed by atoms with Crippen LogP contribution in [0.2, 0.25) is 0 Å². The Hall–Kier alpha value is -1.08. The van der Waals surface area contributed by atoms with Crippen molar-refractivity contribution in [2.75, 3.05) is 48.7 Å². The van der Waals surface area contributed by atoms with Crippen LogP contribution in [0.5, 0.6) is 0 Å². The van der Waals surface area contributed by atoms with E-state index < -0.39 is 5.82 Å². The molecule has 0 bridgehead atoms. The van der Waals surface area contributed by atoms with Gasteiger partial charge in [0.05, 0.1) is 6.20 Å². The summed E-state index contributed by atoms with van der Waals surface area (Å²) in [4.78, 5) is 9.74. The molecule has 7 heteroatoms. The molecule has 1 aromatic rings. The minimum absolute atomic E-state index is 0.0864. The van der Waals surface area contributed by atoms with Gasteiger partial charge in [0.15, 0.2) is 11.6 Å². The molecule has 0 amide bonds. The number of thioether (sulfide) groups is 1. The Kier molecular flexibility index (Phi) is 4.38. The van der Waals surface area contributed by atoms with Crippen molar-refractivity contribution in [1.29, 1.82) is 0 Å². The lowest BCUT2D eigenvalue weighted by Crippen LogP contribution is -2.36. The Bertz CT molecular complexity index is 370. The highest BCUT2D eigenvalue weighted by Gasteiger charge is 2.10. The first-order valence-corrected chi connectivity index (χ1v) is 6.73. The van der Waals surface area contributed by atoms with Gasteiger partial charge in [-0.15, -0.1) is 0 Å². The van der Waals surface area contributed by atoms with Gasteiger partial charge in [0.2, 0.25) is 5.95 Å². The molecule has 0 atom stereocenters. The summed E-state index contributed by atoms with van der Waals surface area (Å²) in [5.41, 5.74) is 5.40. The van der Waals surface area contributed by atoms with Crippen molar-refractivity contribution in [3.8, 4) is 0 Å². The minimum atomic E-state index is -0.464. The SMILES string of the molecule is Nc1ncc(F)c(NCCN2CCSCC2)n1. The molecule has 1 aliphatic rings. The Morgan fingerprint density at radius 1 is 1.47 bits per heavy atom. The van der Waals surface area contributed by atoms with Gasteiger partial charge in [-0.1, -0.05) is 0 Å². The minimum Gasteiger partial charge on any atom is -0.368 e. The molecule has 1 saturated heterocycles. The fraction of sp³-hybridized carbons (Fsp3) is 0.600. The van der Waals surface area contributed by atoms with Gasteiger partial charge < -0.3 is 11.1 Å². The summed E-state index contributed by atoms with van der Waals surface area (Å²) in [5.74, 6) is 2.16. The van der Waals surface area contributed by atoms with Gasteiger partial charge in [-0.25, -0.2) is 9.37 Å². The zero-order valence-corrected chi connectivity index (χ0v) is 10.3. The number of rotatable bonds is 4. The summed E-state index contributed by atoms with van der Waals surface area (Å²) >= 11 is 1.97. The van der Waals surface area contributed by atoms with E-state index in [1.165, 1.54) is 11.5 Å². The molecule has 1 fully saturated rings. The van der Waals surface area contributed by atoms with Crippen LogP contribution in [0.15, 0.2) is 6.20 Å². The van der Waals surface area contributed by atoms with Crippen molar-refractivity contribution in [2.45, 2.75) is 0 Å². The van der Waals surface area contributed by atoms with E-state index in [9.17, 15) is 4.39 Å². The summed E-state index contributed by atoms with van der Waals surface area (Å²) in [5, 5.41) is 2.95. The number of aromatic nitrogens is 2. The van der Waals surface area contributed by atoms with Gasteiger partial charge >= 0.3 is 0 Å². The lowest BCUT2D eigenvalue weighted by atomic mass is 10.4. The van der Waals surface area contributed by atoms with Crippen molar-refractivity contribution >= 4 is 23.5 Å². The van der Waals surface area contributed by atoms with Crippen LogP contribution in [0.3, 0.4) is 0 Å². The number of hydrogen-bond acceptors (Lipinski definition) is 6. The molecule has 5 nitrogen and oxygen atoms in total. The largest absolute Gasteiger partial charge is 0.368 e. The van der Waals surface area contributed by atoms with Crippen molar-refractivity contribution in [1.82, 2.24) is 14.9 Å². The van der Waals surface area contributed by atoms with Crippen LogP contribution in [0.4, 0.5) is 16.2 Å². The van der Waals surface area contributed by atoms with Gasteiger partial charge in [0, 0.05) is 37.7 Å². The van der Waals surface area contributed by atoms with Crippen LogP contribution >= 0.6 is 11.8 Å². The van der Waals surface area contributed by atoms with Gasteiger partial charge in [-0.05, 0) is 0 Å². The van der Waals surface area contributed by atoms with E-state index >= 15 is 0 Å². The van der Waals surface area contributed by atoms with Crippen LogP contribution in [0, 0.1) is 5.82 Å². The van der Waals surface area contributed by atoms with Crippen molar-refractivity contribution in [2.24, 2.45) is 0 Å². The molecule has 1 aliphatic heterocycles. The van der Waals surface area contributed by atoms with Crippen LogP contribution in [0.1, 0.15) is 0 Å². The summed E-state index contributed by atoms with van der Waals surface area (Å²) in [6.07, 6.45) is 1.09. The number of nitrogens with two attached hydrogens (primary N) is 1. The molecule has 17 heavy (non-hydrogen) atoms. The second-order valence-corrected chi connectivity index (χ2v) is 5.03. The molecular formula is C10H16FN5S. The summed E-state index contributed by atoms with van der Waals surface area (Å²) in [7, 11) is 0. The van der Waals surface area contributed by atoms with Gasteiger partial charge in [0.1, 0.15) is 0 Å². The third-order valence-electron chi connectivity index (χ3n) is 2.59. The highest BCUT2D eigenvalue weighted by atomic mass is 32.2. The fourth-order valence-electron chi connectivity index (χ4n) is 1.66. The molecular weight excluding hydrogens is 241 g/mol. The monoisotopic (exact) mass is 257 g/mol. The molecule has 0 spiro atoms. The third-order valence-corrected chi connectivity index (χ3v) is 3.53. The zero-order chi connectivity index (χ0) is 12.1. The molecule has 2 heterocycles. The lowest BCUT2D eigenvalue weighted by Gasteiger charge is -2.26. The van der Waals surface area contributed by atoms with E-state index in [0.717, 1.165) is 25.8 Å². The van der Waals surface area contributed by atoms with Crippen LogP contribution in [-0.4, -0.2) is 52.6 Å². The molecule has 0 aromatic carbocycles. The molecule has 2 rings (SSSR count). The quantitative estimate of drug-likeness (QED) is 0.826. The maximum Gasteiger partial charge on any atom is 0.222 e. The molecule has 94 valence electrons. The second-order valence-electron chi connectivity index (χ2n) is 3.81. The molecule has 0 saturated carbocycles. The van der Waals surface area contributed by atoms with Crippen molar-refractivity contribution in [3.63, 3.8) is 0 Å².